The molecule has 0 aromatic carbocycles. The minimum absolute atomic E-state index is 0.217. The van der Waals surface area contributed by atoms with Crippen LogP contribution < -0.4 is 5.32 Å². The molecule has 0 aliphatic carbocycles. The summed E-state index contributed by atoms with van der Waals surface area (Å²) in [6.45, 7) is 12.0. The van der Waals surface area contributed by atoms with E-state index in [1.165, 1.54) is 6.42 Å². The van der Waals surface area contributed by atoms with Gasteiger partial charge in [0.2, 0.25) is 0 Å². The van der Waals surface area contributed by atoms with Crippen LogP contribution in [-0.4, -0.2) is 64.1 Å². The normalized spacial score (nSPS) is 25.8. The Hall–Kier alpha value is -0.160. The number of nitrogens with one attached hydrogen (secondary N) is 1. The van der Waals surface area contributed by atoms with E-state index >= 15 is 0 Å². The molecule has 0 aromatic heterocycles. The maximum absolute atomic E-state index is 5.48. The summed E-state index contributed by atoms with van der Waals surface area (Å²) in [6.07, 6.45) is 1.63. The zero-order valence-electron chi connectivity index (χ0n) is 12.7. The Morgan fingerprint density at radius 3 is 2.17 bits per heavy atom. The summed E-state index contributed by atoms with van der Waals surface area (Å²) in [5.74, 6) is 0. The van der Waals surface area contributed by atoms with Gasteiger partial charge < -0.3 is 14.8 Å². The maximum atomic E-state index is 5.48. The van der Waals surface area contributed by atoms with Gasteiger partial charge >= 0.3 is 0 Å². The third-order valence-corrected chi connectivity index (χ3v) is 3.58. The molecule has 108 valence electrons. The highest BCUT2D eigenvalue weighted by Crippen LogP contribution is 2.22. The molecule has 0 aromatic rings. The molecule has 0 amide bonds. The lowest BCUT2D eigenvalue weighted by Gasteiger charge is -2.30. The van der Waals surface area contributed by atoms with Gasteiger partial charge in [0.25, 0.3) is 0 Å². The Morgan fingerprint density at radius 2 is 1.72 bits per heavy atom. The molecule has 0 spiro atoms. The third kappa shape index (κ3) is 4.84. The molecular weight excluding hydrogens is 228 g/mol. The molecule has 0 bridgehead atoms. The minimum atomic E-state index is 0.217. The van der Waals surface area contributed by atoms with Gasteiger partial charge in [-0.3, -0.25) is 4.90 Å². The van der Waals surface area contributed by atoms with Crippen LogP contribution in [-0.2, 0) is 9.47 Å². The summed E-state index contributed by atoms with van der Waals surface area (Å²) in [7, 11) is 3.54. The number of hydrogen-bond donors (Lipinski definition) is 1. The quantitative estimate of drug-likeness (QED) is 0.667. The summed E-state index contributed by atoms with van der Waals surface area (Å²) < 4.78 is 11.0. The van der Waals surface area contributed by atoms with Crippen molar-refractivity contribution in [2.24, 2.45) is 5.41 Å². The van der Waals surface area contributed by atoms with Crippen molar-refractivity contribution in [3.63, 3.8) is 0 Å². The van der Waals surface area contributed by atoms with Crippen molar-refractivity contribution in [1.82, 2.24) is 10.2 Å². The molecule has 1 saturated heterocycles. The topological polar surface area (TPSA) is 33.7 Å². The van der Waals surface area contributed by atoms with Gasteiger partial charge in [-0.1, -0.05) is 20.8 Å². The van der Waals surface area contributed by atoms with Crippen molar-refractivity contribution >= 4 is 0 Å². The highest BCUT2D eigenvalue weighted by molar-refractivity contribution is 4.88. The predicted octanol–water partition coefficient (Wildman–Crippen LogP) is 1.36. The van der Waals surface area contributed by atoms with Gasteiger partial charge in [0.05, 0.1) is 12.2 Å². The van der Waals surface area contributed by atoms with Crippen molar-refractivity contribution in [2.45, 2.75) is 39.4 Å². The second kappa shape index (κ2) is 7.43. The number of likely N-dealkylation sites (tertiary alicyclic amines) is 1. The average Bonchev–Trinajstić information content (AvgIpc) is 2.70. The summed E-state index contributed by atoms with van der Waals surface area (Å²) in [5.41, 5.74) is 0.288. The molecule has 2 atom stereocenters. The fourth-order valence-corrected chi connectivity index (χ4v) is 2.67. The van der Waals surface area contributed by atoms with Crippen LogP contribution in [0.15, 0.2) is 0 Å². The third-order valence-electron chi connectivity index (χ3n) is 3.58. The zero-order valence-corrected chi connectivity index (χ0v) is 12.7. The van der Waals surface area contributed by atoms with Crippen molar-refractivity contribution in [3.8, 4) is 0 Å². The molecule has 1 fully saturated rings. The van der Waals surface area contributed by atoms with Crippen LogP contribution in [0.2, 0.25) is 0 Å². The van der Waals surface area contributed by atoms with Gasteiger partial charge in [-0.2, -0.15) is 0 Å². The fraction of sp³-hybridized carbons (Fsp3) is 1.00. The lowest BCUT2D eigenvalue weighted by Crippen LogP contribution is -2.40. The first-order valence-corrected chi connectivity index (χ1v) is 7.01. The molecule has 0 saturated carbocycles. The van der Waals surface area contributed by atoms with Gasteiger partial charge in [0.1, 0.15) is 0 Å². The van der Waals surface area contributed by atoms with Crippen molar-refractivity contribution in [2.75, 3.05) is 46.9 Å². The summed E-state index contributed by atoms with van der Waals surface area (Å²) >= 11 is 0. The molecule has 18 heavy (non-hydrogen) atoms. The van der Waals surface area contributed by atoms with Crippen LogP contribution in [0.1, 0.15) is 27.2 Å². The molecule has 1 N–H and O–H groups in total. The molecule has 0 radical (unpaired) electrons. The smallest absolute Gasteiger partial charge is 0.0971 e. The van der Waals surface area contributed by atoms with Gasteiger partial charge in [0.15, 0.2) is 0 Å². The number of nitrogens with zero attached hydrogens (tertiary/aromatic N) is 1. The largest absolute Gasteiger partial charge is 0.377 e. The summed E-state index contributed by atoms with van der Waals surface area (Å²) in [6, 6.07) is 0. The standard InChI is InChI=1S/C14H30N2O2/c1-6-7-15-10-14(2,3)11-16-8-12(17-4)13(9-16)18-5/h12-13,15H,6-11H2,1-5H3. The van der Waals surface area contributed by atoms with E-state index < -0.39 is 0 Å². The van der Waals surface area contributed by atoms with Crippen molar-refractivity contribution < 1.29 is 9.47 Å². The molecule has 1 aliphatic heterocycles. The van der Waals surface area contributed by atoms with Gasteiger partial charge in [-0.15, -0.1) is 0 Å². The van der Waals surface area contributed by atoms with Crippen LogP contribution in [0.25, 0.3) is 0 Å². The van der Waals surface area contributed by atoms with Crippen molar-refractivity contribution in [1.29, 1.82) is 0 Å². The van der Waals surface area contributed by atoms with E-state index in [-0.39, 0.29) is 17.6 Å². The first-order chi connectivity index (χ1) is 8.52. The van der Waals surface area contributed by atoms with Crippen LogP contribution in [0.3, 0.4) is 0 Å². The number of rotatable bonds is 8. The van der Waals surface area contributed by atoms with Crippen molar-refractivity contribution in [3.05, 3.63) is 0 Å². The lowest BCUT2D eigenvalue weighted by molar-refractivity contribution is -0.00461. The van der Waals surface area contributed by atoms with Gasteiger partial charge in [0, 0.05) is 40.4 Å². The zero-order chi connectivity index (χ0) is 13.6. The Morgan fingerprint density at radius 1 is 1.17 bits per heavy atom. The minimum Gasteiger partial charge on any atom is -0.377 e. The Kier molecular flexibility index (Phi) is 6.57. The molecule has 1 heterocycles. The molecule has 1 rings (SSSR count). The first kappa shape index (κ1) is 15.9. The van der Waals surface area contributed by atoms with E-state index in [1.54, 1.807) is 14.2 Å². The fourth-order valence-electron chi connectivity index (χ4n) is 2.67. The van der Waals surface area contributed by atoms with E-state index in [0.29, 0.717) is 0 Å². The molecule has 4 heteroatoms. The number of ether oxygens (including phenoxy) is 2. The van der Waals surface area contributed by atoms with E-state index in [0.717, 1.165) is 32.7 Å². The van der Waals surface area contributed by atoms with Gasteiger partial charge in [-0.05, 0) is 18.4 Å². The maximum Gasteiger partial charge on any atom is 0.0971 e. The Labute approximate surface area is 112 Å². The van der Waals surface area contributed by atoms with E-state index in [4.69, 9.17) is 9.47 Å². The van der Waals surface area contributed by atoms with Crippen LogP contribution in [0.4, 0.5) is 0 Å². The monoisotopic (exact) mass is 258 g/mol. The van der Waals surface area contributed by atoms with E-state index in [1.807, 2.05) is 0 Å². The SMILES string of the molecule is CCCNCC(C)(C)CN1CC(OC)C(OC)C1. The second-order valence-corrected chi connectivity index (χ2v) is 6.08. The molecule has 1 aliphatic rings. The number of methoxy groups -OCH3 is 2. The Balaban J connectivity index is 2.38. The molecular formula is C14H30N2O2. The summed E-state index contributed by atoms with van der Waals surface area (Å²) in [5, 5.41) is 3.51. The predicted molar refractivity (Wildman–Crippen MR) is 75.0 cm³/mol. The van der Waals surface area contributed by atoms with E-state index in [2.05, 4.69) is 31.0 Å². The number of hydrogen-bond acceptors (Lipinski definition) is 4. The van der Waals surface area contributed by atoms with Crippen LogP contribution >= 0.6 is 0 Å². The molecule has 2 unspecified atom stereocenters. The second-order valence-electron chi connectivity index (χ2n) is 6.08. The van der Waals surface area contributed by atoms with Gasteiger partial charge in [-0.25, -0.2) is 0 Å². The summed E-state index contributed by atoms with van der Waals surface area (Å²) in [4.78, 5) is 2.45. The lowest BCUT2D eigenvalue weighted by atomic mass is 9.92. The average molecular weight is 258 g/mol. The highest BCUT2D eigenvalue weighted by atomic mass is 16.5. The first-order valence-electron chi connectivity index (χ1n) is 7.01. The van der Waals surface area contributed by atoms with Crippen LogP contribution in [0.5, 0.6) is 0 Å². The Bertz CT molecular complexity index is 222. The van der Waals surface area contributed by atoms with Crippen LogP contribution in [0, 0.1) is 5.41 Å². The highest BCUT2D eigenvalue weighted by Gasteiger charge is 2.35. The van der Waals surface area contributed by atoms with E-state index in [9.17, 15) is 0 Å². The molecule has 4 nitrogen and oxygen atoms in total.